The Kier molecular flexibility index (Phi) is 4.81. The Hall–Kier alpha value is -1.23. The predicted octanol–water partition coefficient (Wildman–Crippen LogP) is 2.95. The molecule has 0 aliphatic rings. The van der Waals surface area contributed by atoms with Crippen LogP contribution in [-0.4, -0.2) is 21.3 Å². The van der Waals surface area contributed by atoms with Gasteiger partial charge in [0.15, 0.2) is 0 Å². The molecule has 1 N–H and O–H groups in total. The van der Waals surface area contributed by atoms with E-state index in [1.165, 1.54) is 0 Å². The van der Waals surface area contributed by atoms with E-state index >= 15 is 0 Å². The first kappa shape index (κ1) is 13.8. The van der Waals surface area contributed by atoms with Gasteiger partial charge in [0.1, 0.15) is 0 Å². The standard InChI is InChI=1S/C12H17N3O.H2S/c1-4-5-8(2)16-12-11-9(3)14-15-10(11)6-7-13-12;/h6-8H,4-5H2,1-3H3,(H,14,15);1H2/t8-;/m0./s1. The van der Waals surface area contributed by atoms with Crippen LogP contribution in [0.3, 0.4) is 0 Å². The summed E-state index contributed by atoms with van der Waals surface area (Å²) in [6, 6.07) is 1.89. The minimum absolute atomic E-state index is 0. The van der Waals surface area contributed by atoms with Crippen molar-refractivity contribution in [2.24, 2.45) is 0 Å². The zero-order valence-electron chi connectivity index (χ0n) is 10.4. The lowest BCUT2D eigenvalue weighted by Gasteiger charge is -2.13. The molecule has 94 valence electrons. The summed E-state index contributed by atoms with van der Waals surface area (Å²) in [7, 11) is 0. The summed E-state index contributed by atoms with van der Waals surface area (Å²) in [5.41, 5.74) is 1.91. The number of H-pyrrole nitrogens is 1. The van der Waals surface area contributed by atoms with Gasteiger partial charge in [-0.2, -0.15) is 18.6 Å². The largest absolute Gasteiger partial charge is 0.474 e. The molecule has 5 heteroatoms. The van der Waals surface area contributed by atoms with E-state index in [9.17, 15) is 0 Å². The number of nitrogens with zero attached hydrogens (tertiary/aromatic N) is 2. The average Bonchev–Trinajstić information content (AvgIpc) is 2.62. The molecule has 2 aromatic rings. The van der Waals surface area contributed by atoms with Crippen LogP contribution in [-0.2, 0) is 0 Å². The highest BCUT2D eigenvalue weighted by Crippen LogP contribution is 2.25. The van der Waals surface area contributed by atoms with Crippen molar-refractivity contribution in [2.45, 2.75) is 39.7 Å². The Morgan fingerprint density at radius 1 is 1.47 bits per heavy atom. The molecular formula is C12H19N3OS. The van der Waals surface area contributed by atoms with Gasteiger partial charge in [0.05, 0.1) is 17.0 Å². The zero-order chi connectivity index (χ0) is 11.5. The SMILES string of the molecule is CCC[C@H](C)Oc1nccc2n[nH]c(C)c12.S. The van der Waals surface area contributed by atoms with Gasteiger partial charge < -0.3 is 4.74 Å². The van der Waals surface area contributed by atoms with E-state index in [1.807, 2.05) is 13.0 Å². The fourth-order valence-corrected chi connectivity index (χ4v) is 1.82. The Bertz CT molecular complexity index is 484. The van der Waals surface area contributed by atoms with Gasteiger partial charge in [0.25, 0.3) is 0 Å². The second kappa shape index (κ2) is 5.91. The van der Waals surface area contributed by atoms with Gasteiger partial charge in [-0.15, -0.1) is 0 Å². The van der Waals surface area contributed by atoms with E-state index in [2.05, 4.69) is 29.0 Å². The molecule has 2 aromatic heterocycles. The number of aromatic nitrogens is 3. The van der Waals surface area contributed by atoms with E-state index < -0.39 is 0 Å². The van der Waals surface area contributed by atoms with Gasteiger partial charge in [-0.25, -0.2) is 4.98 Å². The number of aromatic amines is 1. The van der Waals surface area contributed by atoms with E-state index in [0.717, 1.165) is 29.4 Å². The van der Waals surface area contributed by atoms with Crippen LogP contribution < -0.4 is 4.74 Å². The fourth-order valence-electron chi connectivity index (χ4n) is 1.82. The van der Waals surface area contributed by atoms with Crippen LogP contribution in [0.25, 0.3) is 10.9 Å². The van der Waals surface area contributed by atoms with E-state index in [4.69, 9.17) is 4.74 Å². The van der Waals surface area contributed by atoms with Crippen LogP contribution in [0.4, 0.5) is 0 Å². The van der Waals surface area contributed by atoms with Gasteiger partial charge in [0.2, 0.25) is 5.88 Å². The molecule has 0 saturated heterocycles. The summed E-state index contributed by atoms with van der Waals surface area (Å²) >= 11 is 0. The monoisotopic (exact) mass is 253 g/mol. The second-order valence-electron chi connectivity index (χ2n) is 4.08. The highest BCUT2D eigenvalue weighted by atomic mass is 32.1. The Balaban J connectivity index is 0.00000144. The topological polar surface area (TPSA) is 50.8 Å². The zero-order valence-corrected chi connectivity index (χ0v) is 11.4. The van der Waals surface area contributed by atoms with Gasteiger partial charge in [-0.05, 0) is 26.3 Å². The summed E-state index contributed by atoms with van der Waals surface area (Å²) < 4.78 is 5.84. The Morgan fingerprint density at radius 2 is 2.24 bits per heavy atom. The van der Waals surface area contributed by atoms with Crippen LogP contribution in [0.5, 0.6) is 5.88 Å². The number of aryl methyl sites for hydroxylation is 1. The molecule has 0 unspecified atom stereocenters. The molecule has 0 aliphatic heterocycles. The molecule has 2 rings (SSSR count). The lowest BCUT2D eigenvalue weighted by molar-refractivity contribution is 0.204. The number of hydrogen-bond acceptors (Lipinski definition) is 3. The van der Waals surface area contributed by atoms with Crippen LogP contribution in [0.2, 0.25) is 0 Å². The molecule has 0 aliphatic carbocycles. The molecular weight excluding hydrogens is 234 g/mol. The van der Waals surface area contributed by atoms with E-state index in [-0.39, 0.29) is 19.6 Å². The third-order valence-electron chi connectivity index (χ3n) is 2.62. The van der Waals surface area contributed by atoms with Crippen molar-refractivity contribution in [3.63, 3.8) is 0 Å². The average molecular weight is 253 g/mol. The van der Waals surface area contributed by atoms with Gasteiger partial charge in [0, 0.05) is 11.9 Å². The number of ether oxygens (including phenoxy) is 1. The molecule has 0 aromatic carbocycles. The van der Waals surface area contributed by atoms with Crippen molar-refractivity contribution in [2.75, 3.05) is 0 Å². The number of nitrogens with one attached hydrogen (secondary N) is 1. The minimum Gasteiger partial charge on any atom is -0.474 e. The Labute approximate surface area is 108 Å². The Morgan fingerprint density at radius 3 is 2.94 bits per heavy atom. The van der Waals surface area contributed by atoms with Crippen molar-refractivity contribution in [1.29, 1.82) is 0 Å². The molecule has 4 nitrogen and oxygen atoms in total. The molecule has 0 radical (unpaired) electrons. The minimum atomic E-state index is 0. The van der Waals surface area contributed by atoms with Gasteiger partial charge in [-0.3, -0.25) is 5.10 Å². The van der Waals surface area contributed by atoms with Crippen LogP contribution >= 0.6 is 13.5 Å². The molecule has 17 heavy (non-hydrogen) atoms. The summed E-state index contributed by atoms with van der Waals surface area (Å²) in [6.45, 7) is 6.20. The van der Waals surface area contributed by atoms with Crippen molar-refractivity contribution in [3.8, 4) is 5.88 Å². The number of pyridine rings is 1. The summed E-state index contributed by atoms with van der Waals surface area (Å²) in [5, 5.41) is 8.13. The smallest absolute Gasteiger partial charge is 0.225 e. The summed E-state index contributed by atoms with van der Waals surface area (Å²) in [5.74, 6) is 0.685. The first-order chi connectivity index (χ1) is 7.72. The second-order valence-corrected chi connectivity index (χ2v) is 4.08. The van der Waals surface area contributed by atoms with Crippen molar-refractivity contribution >= 4 is 24.4 Å². The summed E-state index contributed by atoms with van der Waals surface area (Å²) in [6.07, 6.45) is 4.07. The number of fused-ring (bicyclic) bond motifs is 1. The molecule has 0 bridgehead atoms. The van der Waals surface area contributed by atoms with Gasteiger partial charge >= 0.3 is 0 Å². The third kappa shape index (κ3) is 2.91. The van der Waals surface area contributed by atoms with Crippen LogP contribution in [0.1, 0.15) is 32.4 Å². The lowest BCUT2D eigenvalue weighted by atomic mass is 10.2. The molecule has 1 atom stereocenters. The predicted molar refractivity (Wildman–Crippen MR) is 74.0 cm³/mol. The number of hydrogen-bond donors (Lipinski definition) is 1. The molecule has 2 heterocycles. The lowest BCUT2D eigenvalue weighted by Crippen LogP contribution is -2.12. The first-order valence-corrected chi connectivity index (χ1v) is 5.68. The highest BCUT2D eigenvalue weighted by molar-refractivity contribution is 7.59. The van der Waals surface area contributed by atoms with Gasteiger partial charge in [-0.1, -0.05) is 13.3 Å². The fraction of sp³-hybridized carbons (Fsp3) is 0.500. The maximum Gasteiger partial charge on any atom is 0.225 e. The van der Waals surface area contributed by atoms with E-state index in [0.29, 0.717) is 5.88 Å². The highest BCUT2D eigenvalue weighted by Gasteiger charge is 2.11. The molecule has 0 saturated carbocycles. The first-order valence-electron chi connectivity index (χ1n) is 5.68. The van der Waals surface area contributed by atoms with Crippen molar-refractivity contribution in [1.82, 2.24) is 15.2 Å². The van der Waals surface area contributed by atoms with E-state index in [1.54, 1.807) is 6.20 Å². The summed E-state index contributed by atoms with van der Waals surface area (Å²) in [4.78, 5) is 4.28. The van der Waals surface area contributed by atoms with Crippen LogP contribution in [0.15, 0.2) is 12.3 Å². The maximum atomic E-state index is 5.84. The normalized spacial score (nSPS) is 12.2. The quantitative estimate of drug-likeness (QED) is 0.911. The van der Waals surface area contributed by atoms with Crippen molar-refractivity contribution in [3.05, 3.63) is 18.0 Å². The molecule has 0 fully saturated rings. The van der Waals surface area contributed by atoms with Crippen molar-refractivity contribution < 1.29 is 4.74 Å². The number of rotatable bonds is 4. The maximum absolute atomic E-state index is 5.84. The third-order valence-corrected chi connectivity index (χ3v) is 2.62. The molecule has 0 spiro atoms. The molecule has 0 amide bonds. The van der Waals surface area contributed by atoms with Crippen LogP contribution in [0, 0.1) is 6.92 Å².